The highest BCUT2D eigenvalue weighted by Gasteiger charge is 2.25. The number of halogens is 3. The average molecular weight is 294 g/mol. The molecule has 21 heavy (non-hydrogen) atoms. The summed E-state index contributed by atoms with van der Waals surface area (Å²) in [4.78, 5) is 0. The van der Waals surface area contributed by atoms with Crippen LogP contribution >= 0.6 is 0 Å². The Balaban J connectivity index is 1.86. The second-order valence-corrected chi connectivity index (χ2v) is 4.88. The summed E-state index contributed by atoms with van der Waals surface area (Å²) in [6.07, 6.45) is -3.46. The molecule has 0 saturated heterocycles. The van der Waals surface area contributed by atoms with Gasteiger partial charge in [0.05, 0.1) is 0 Å². The van der Waals surface area contributed by atoms with E-state index in [0.717, 1.165) is 11.3 Å². The molecule has 0 spiro atoms. The Hall–Kier alpha value is -1.97. The molecular formula is C17H17F3O. The molecule has 0 aromatic heterocycles. The zero-order valence-corrected chi connectivity index (χ0v) is 11.6. The van der Waals surface area contributed by atoms with E-state index in [1.165, 1.54) is 0 Å². The number of ether oxygens (including phenoxy) is 1. The molecule has 0 aliphatic heterocycles. The van der Waals surface area contributed by atoms with Crippen molar-refractivity contribution in [3.63, 3.8) is 0 Å². The molecule has 0 N–H and O–H groups in total. The van der Waals surface area contributed by atoms with Crippen LogP contribution in [0.15, 0.2) is 54.6 Å². The standard InChI is InChI=1S/C17H17F3O/c18-17(19,20)12-5-4-7-14-8-6-11-16(13-14)21-15-9-2-1-3-10-15/h1-3,6,8-11,13H,4-5,7,12H2. The Kier molecular flexibility index (Phi) is 5.26. The summed E-state index contributed by atoms with van der Waals surface area (Å²) in [5, 5.41) is 0. The molecule has 0 fully saturated rings. The van der Waals surface area contributed by atoms with E-state index in [2.05, 4.69) is 0 Å². The van der Waals surface area contributed by atoms with Crippen LogP contribution in [0.2, 0.25) is 0 Å². The van der Waals surface area contributed by atoms with Gasteiger partial charge in [-0.15, -0.1) is 0 Å². The highest BCUT2D eigenvalue weighted by molar-refractivity contribution is 5.33. The van der Waals surface area contributed by atoms with E-state index in [-0.39, 0.29) is 6.42 Å². The highest BCUT2D eigenvalue weighted by atomic mass is 19.4. The first-order valence-corrected chi connectivity index (χ1v) is 6.91. The Morgan fingerprint density at radius 1 is 0.810 bits per heavy atom. The van der Waals surface area contributed by atoms with Crippen molar-refractivity contribution in [1.29, 1.82) is 0 Å². The normalized spacial score (nSPS) is 11.4. The summed E-state index contributed by atoms with van der Waals surface area (Å²) in [5.74, 6) is 1.45. The fourth-order valence-electron chi connectivity index (χ4n) is 2.04. The van der Waals surface area contributed by atoms with Gasteiger partial charge in [-0.2, -0.15) is 13.2 Å². The smallest absolute Gasteiger partial charge is 0.389 e. The molecule has 0 saturated carbocycles. The molecule has 0 unspecified atom stereocenters. The van der Waals surface area contributed by atoms with Crippen molar-refractivity contribution in [3.05, 3.63) is 60.2 Å². The number of para-hydroxylation sites is 1. The van der Waals surface area contributed by atoms with E-state index in [4.69, 9.17) is 4.74 Å². The lowest BCUT2D eigenvalue weighted by atomic mass is 10.1. The summed E-state index contributed by atoms with van der Waals surface area (Å²) >= 11 is 0. The van der Waals surface area contributed by atoms with Crippen molar-refractivity contribution < 1.29 is 17.9 Å². The monoisotopic (exact) mass is 294 g/mol. The maximum Gasteiger partial charge on any atom is 0.389 e. The number of hydrogen-bond donors (Lipinski definition) is 0. The molecular weight excluding hydrogens is 277 g/mol. The van der Waals surface area contributed by atoms with Crippen molar-refractivity contribution in [2.45, 2.75) is 31.9 Å². The number of unbranched alkanes of at least 4 members (excludes halogenated alkanes) is 1. The Morgan fingerprint density at radius 3 is 2.24 bits per heavy atom. The van der Waals surface area contributed by atoms with E-state index in [0.29, 0.717) is 18.6 Å². The van der Waals surface area contributed by atoms with Crippen LogP contribution in [0.1, 0.15) is 24.8 Å². The van der Waals surface area contributed by atoms with Crippen LogP contribution < -0.4 is 4.74 Å². The molecule has 2 rings (SSSR count). The predicted octanol–water partition coefficient (Wildman–Crippen LogP) is 5.75. The fourth-order valence-corrected chi connectivity index (χ4v) is 2.04. The van der Waals surface area contributed by atoms with E-state index >= 15 is 0 Å². The van der Waals surface area contributed by atoms with Gasteiger partial charge in [0, 0.05) is 6.42 Å². The third-order valence-electron chi connectivity index (χ3n) is 3.05. The molecule has 0 aliphatic carbocycles. The molecule has 0 amide bonds. The molecule has 2 aromatic carbocycles. The van der Waals surface area contributed by atoms with Crippen LogP contribution in [0, 0.1) is 0 Å². The van der Waals surface area contributed by atoms with E-state index in [9.17, 15) is 13.2 Å². The summed E-state index contributed by atoms with van der Waals surface area (Å²) in [6.45, 7) is 0. The van der Waals surface area contributed by atoms with Gasteiger partial charge in [0.15, 0.2) is 0 Å². The van der Waals surface area contributed by atoms with Gasteiger partial charge in [-0.25, -0.2) is 0 Å². The Labute approximate surface area is 122 Å². The minimum absolute atomic E-state index is 0.160. The van der Waals surface area contributed by atoms with Crippen molar-refractivity contribution in [2.75, 3.05) is 0 Å². The van der Waals surface area contributed by atoms with Crippen LogP contribution in [0.3, 0.4) is 0 Å². The van der Waals surface area contributed by atoms with Crippen LogP contribution in [-0.2, 0) is 6.42 Å². The SMILES string of the molecule is FC(F)(F)CCCCc1cccc(Oc2ccccc2)c1. The Morgan fingerprint density at radius 2 is 1.52 bits per heavy atom. The van der Waals surface area contributed by atoms with Gasteiger partial charge in [0.25, 0.3) is 0 Å². The van der Waals surface area contributed by atoms with E-state index in [1.54, 1.807) is 0 Å². The Bertz CT molecular complexity index is 549. The molecule has 4 heteroatoms. The summed E-state index contributed by atoms with van der Waals surface area (Å²) in [6, 6.07) is 16.9. The molecule has 0 atom stereocenters. The number of aryl methyl sites for hydroxylation is 1. The van der Waals surface area contributed by atoms with Crippen molar-refractivity contribution >= 4 is 0 Å². The lowest BCUT2D eigenvalue weighted by Gasteiger charge is -2.08. The van der Waals surface area contributed by atoms with Gasteiger partial charge in [0.1, 0.15) is 11.5 Å². The summed E-state index contributed by atoms with van der Waals surface area (Å²) in [5.41, 5.74) is 0.991. The molecule has 0 radical (unpaired) electrons. The van der Waals surface area contributed by atoms with Crippen LogP contribution in [0.5, 0.6) is 11.5 Å². The van der Waals surface area contributed by atoms with Crippen molar-refractivity contribution in [1.82, 2.24) is 0 Å². The quantitative estimate of drug-likeness (QED) is 0.616. The second kappa shape index (κ2) is 7.16. The molecule has 1 nitrogen and oxygen atoms in total. The topological polar surface area (TPSA) is 9.23 Å². The van der Waals surface area contributed by atoms with Crippen LogP contribution in [0.25, 0.3) is 0 Å². The first-order valence-electron chi connectivity index (χ1n) is 6.91. The van der Waals surface area contributed by atoms with Gasteiger partial charge in [-0.3, -0.25) is 0 Å². The van der Waals surface area contributed by atoms with Gasteiger partial charge < -0.3 is 4.74 Å². The first kappa shape index (κ1) is 15.4. The number of hydrogen-bond acceptors (Lipinski definition) is 1. The van der Waals surface area contributed by atoms with Crippen molar-refractivity contribution in [3.8, 4) is 11.5 Å². The van der Waals surface area contributed by atoms with Crippen molar-refractivity contribution in [2.24, 2.45) is 0 Å². The fraction of sp³-hybridized carbons (Fsp3) is 0.294. The first-order chi connectivity index (χ1) is 10.0. The number of alkyl halides is 3. The highest BCUT2D eigenvalue weighted by Crippen LogP contribution is 2.25. The van der Waals surface area contributed by atoms with Gasteiger partial charge in [-0.1, -0.05) is 30.3 Å². The lowest BCUT2D eigenvalue weighted by molar-refractivity contribution is -0.135. The maximum atomic E-state index is 12.1. The maximum absolute atomic E-state index is 12.1. The van der Waals surface area contributed by atoms with Gasteiger partial charge >= 0.3 is 6.18 Å². The minimum Gasteiger partial charge on any atom is -0.457 e. The van der Waals surface area contributed by atoms with E-state index < -0.39 is 12.6 Å². The van der Waals surface area contributed by atoms with E-state index in [1.807, 2.05) is 54.6 Å². The predicted molar refractivity (Wildman–Crippen MR) is 76.6 cm³/mol. The third-order valence-corrected chi connectivity index (χ3v) is 3.05. The zero-order chi connectivity index (χ0) is 15.1. The molecule has 112 valence electrons. The zero-order valence-electron chi connectivity index (χ0n) is 11.6. The molecule has 0 heterocycles. The molecule has 2 aromatic rings. The second-order valence-electron chi connectivity index (χ2n) is 4.88. The number of rotatable bonds is 6. The molecule has 0 bridgehead atoms. The average Bonchev–Trinajstić information content (AvgIpc) is 2.44. The van der Waals surface area contributed by atoms with Crippen LogP contribution in [-0.4, -0.2) is 6.18 Å². The molecule has 0 aliphatic rings. The lowest BCUT2D eigenvalue weighted by Crippen LogP contribution is -2.06. The summed E-state index contributed by atoms with van der Waals surface area (Å²) < 4.78 is 41.9. The third kappa shape index (κ3) is 5.90. The summed E-state index contributed by atoms with van der Waals surface area (Å²) in [7, 11) is 0. The van der Waals surface area contributed by atoms with Crippen LogP contribution in [0.4, 0.5) is 13.2 Å². The van der Waals surface area contributed by atoms with Gasteiger partial charge in [-0.05, 0) is 49.1 Å². The largest absolute Gasteiger partial charge is 0.457 e. The minimum atomic E-state index is -4.06. The van der Waals surface area contributed by atoms with Gasteiger partial charge in [0.2, 0.25) is 0 Å². The number of benzene rings is 2.